The summed E-state index contributed by atoms with van der Waals surface area (Å²) in [6.07, 6.45) is 1.11. The van der Waals surface area contributed by atoms with Gasteiger partial charge in [0.25, 0.3) is 5.69 Å². The SMILES string of the molecule is Cc1cc(OCCC(=O)N2CCN(c3c(C)cc(C=O)cc3C)CC2)ccc1[N+](=O)[O-]. The smallest absolute Gasteiger partial charge is 0.272 e. The highest BCUT2D eigenvalue weighted by atomic mass is 16.6. The summed E-state index contributed by atoms with van der Waals surface area (Å²) in [6, 6.07) is 8.36. The molecule has 0 N–H and O–H groups in total. The molecule has 8 heteroatoms. The quantitative estimate of drug-likeness (QED) is 0.383. The predicted octanol–water partition coefficient (Wildman–Crippen LogP) is 3.45. The number of rotatable bonds is 7. The van der Waals surface area contributed by atoms with Gasteiger partial charge in [-0.3, -0.25) is 19.7 Å². The van der Waals surface area contributed by atoms with E-state index in [0.29, 0.717) is 30.0 Å². The lowest BCUT2D eigenvalue weighted by molar-refractivity contribution is -0.385. The van der Waals surface area contributed by atoms with E-state index >= 15 is 0 Å². The average Bonchev–Trinajstić information content (AvgIpc) is 2.73. The van der Waals surface area contributed by atoms with Crippen molar-refractivity contribution < 1.29 is 19.2 Å². The third-order valence-electron chi connectivity index (χ3n) is 5.55. The van der Waals surface area contributed by atoms with Gasteiger partial charge in [0.05, 0.1) is 18.0 Å². The predicted molar refractivity (Wildman–Crippen MR) is 118 cm³/mol. The number of amides is 1. The number of anilines is 1. The molecule has 0 bridgehead atoms. The van der Waals surface area contributed by atoms with Crippen molar-refractivity contribution in [1.29, 1.82) is 0 Å². The van der Waals surface area contributed by atoms with Crippen molar-refractivity contribution in [2.75, 3.05) is 37.7 Å². The number of nitro groups is 1. The Kier molecular flexibility index (Phi) is 6.89. The van der Waals surface area contributed by atoms with Crippen LogP contribution in [0.4, 0.5) is 11.4 Å². The molecule has 164 valence electrons. The van der Waals surface area contributed by atoms with Crippen LogP contribution in [0.15, 0.2) is 30.3 Å². The molecule has 0 unspecified atom stereocenters. The van der Waals surface area contributed by atoms with E-state index in [1.807, 2.05) is 30.9 Å². The van der Waals surface area contributed by atoms with Crippen LogP contribution in [0.1, 0.15) is 33.5 Å². The van der Waals surface area contributed by atoms with Crippen molar-refractivity contribution in [3.8, 4) is 5.75 Å². The van der Waals surface area contributed by atoms with Gasteiger partial charge in [-0.2, -0.15) is 0 Å². The van der Waals surface area contributed by atoms with E-state index in [1.54, 1.807) is 19.1 Å². The summed E-state index contributed by atoms with van der Waals surface area (Å²) in [7, 11) is 0. The van der Waals surface area contributed by atoms with E-state index in [1.165, 1.54) is 6.07 Å². The monoisotopic (exact) mass is 425 g/mol. The Hall–Kier alpha value is -3.42. The molecular formula is C23H27N3O5. The number of aldehydes is 1. The maximum atomic E-state index is 12.6. The fourth-order valence-corrected chi connectivity index (χ4v) is 4.07. The Morgan fingerprint density at radius 1 is 1.06 bits per heavy atom. The molecule has 1 fully saturated rings. The molecular weight excluding hydrogens is 398 g/mol. The molecule has 1 amide bonds. The molecule has 3 rings (SSSR count). The number of aryl methyl sites for hydroxylation is 3. The summed E-state index contributed by atoms with van der Waals surface area (Å²) in [5.74, 6) is 0.550. The lowest BCUT2D eigenvalue weighted by Gasteiger charge is -2.37. The molecule has 0 aliphatic carbocycles. The van der Waals surface area contributed by atoms with Gasteiger partial charge in [-0.25, -0.2) is 0 Å². The zero-order valence-corrected chi connectivity index (χ0v) is 18.1. The topological polar surface area (TPSA) is 93.0 Å². The molecule has 0 atom stereocenters. The summed E-state index contributed by atoms with van der Waals surface area (Å²) in [6.45, 7) is 8.61. The number of carbonyl (C=O) groups is 2. The molecule has 0 aromatic heterocycles. The minimum atomic E-state index is -0.429. The molecule has 2 aromatic rings. The molecule has 1 heterocycles. The van der Waals surface area contributed by atoms with Gasteiger partial charge in [-0.15, -0.1) is 0 Å². The Labute approximate surface area is 181 Å². The van der Waals surface area contributed by atoms with Crippen molar-refractivity contribution in [3.63, 3.8) is 0 Å². The lowest BCUT2D eigenvalue weighted by atomic mass is 10.0. The second kappa shape index (κ2) is 9.59. The molecule has 0 spiro atoms. The fourth-order valence-electron chi connectivity index (χ4n) is 4.07. The average molecular weight is 425 g/mol. The Morgan fingerprint density at radius 3 is 2.26 bits per heavy atom. The van der Waals surface area contributed by atoms with Crippen LogP contribution in [0.5, 0.6) is 5.75 Å². The highest BCUT2D eigenvalue weighted by molar-refractivity contribution is 5.79. The number of ether oxygens (including phenoxy) is 1. The van der Waals surface area contributed by atoms with E-state index in [2.05, 4.69) is 4.90 Å². The number of piperazine rings is 1. The van der Waals surface area contributed by atoms with Crippen LogP contribution in [0.3, 0.4) is 0 Å². The second-order valence-electron chi connectivity index (χ2n) is 7.79. The van der Waals surface area contributed by atoms with Gasteiger partial charge in [0.1, 0.15) is 12.0 Å². The summed E-state index contributed by atoms with van der Waals surface area (Å²) < 4.78 is 5.62. The van der Waals surface area contributed by atoms with Crippen LogP contribution in [-0.4, -0.2) is 54.8 Å². The molecule has 0 saturated carbocycles. The van der Waals surface area contributed by atoms with E-state index in [9.17, 15) is 19.7 Å². The number of carbonyl (C=O) groups excluding carboxylic acids is 2. The van der Waals surface area contributed by atoms with Crippen molar-refractivity contribution in [2.24, 2.45) is 0 Å². The molecule has 0 radical (unpaired) electrons. The fraction of sp³-hybridized carbons (Fsp3) is 0.391. The highest BCUT2D eigenvalue weighted by Gasteiger charge is 2.23. The first kappa shape index (κ1) is 22.3. The number of hydrogen-bond acceptors (Lipinski definition) is 6. The maximum absolute atomic E-state index is 12.6. The van der Waals surface area contributed by atoms with Gasteiger partial charge in [-0.05, 0) is 56.2 Å². The molecule has 1 aliphatic rings. The van der Waals surface area contributed by atoms with Crippen LogP contribution >= 0.6 is 0 Å². The third kappa shape index (κ3) is 5.20. The number of hydrogen-bond donors (Lipinski definition) is 0. The molecule has 1 saturated heterocycles. The minimum Gasteiger partial charge on any atom is -0.493 e. The summed E-state index contributed by atoms with van der Waals surface area (Å²) in [5, 5.41) is 10.9. The van der Waals surface area contributed by atoms with Crippen molar-refractivity contribution in [2.45, 2.75) is 27.2 Å². The van der Waals surface area contributed by atoms with Crippen LogP contribution in [0.25, 0.3) is 0 Å². The number of nitro benzene ring substituents is 1. The van der Waals surface area contributed by atoms with Crippen molar-refractivity contribution >= 4 is 23.6 Å². The van der Waals surface area contributed by atoms with Crippen LogP contribution in [0.2, 0.25) is 0 Å². The van der Waals surface area contributed by atoms with Gasteiger partial charge >= 0.3 is 0 Å². The molecule has 2 aromatic carbocycles. The van der Waals surface area contributed by atoms with Crippen LogP contribution < -0.4 is 9.64 Å². The molecule has 8 nitrogen and oxygen atoms in total. The first-order valence-corrected chi connectivity index (χ1v) is 10.3. The maximum Gasteiger partial charge on any atom is 0.272 e. The van der Waals surface area contributed by atoms with Gasteiger partial charge in [0.2, 0.25) is 5.91 Å². The van der Waals surface area contributed by atoms with E-state index in [4.69, 9.17) is 4.74 Å². The Morgan fingerprint density at radius 2 is 1.71 bits per heavy atom. The first-order valence-electron chi connectivity index (χ1n) is 10.3. The number of nitrogens with zero attached hydrogens (tertiary/aromatic N) is 3. The van der Waals surface area contributed by atoms with E-state index in [0.717, 1.165) is 36.2 Å². The van der Waals surface area contributed by atoms with E-state index in [-0.39, 0.29) is 24.6 Å². The summed E-state index contributed by atoms with van der Waals surface area (Å²) >= 11 is 0. The Balaban J connectivity index is 1.50. The second-order valence-corrected chi connectivity index (χ2v) is 7.79. The van der Waals surface area contributed by atoms with Crippen LogP contribution in [-0.2, 0) is 4.79 Å². The molecule has 1 aliphatic heterocycles. The van der Waals surface area contributed by atoms with Gasteiger partial charge < -0.3 is 14.5 Å². The highest BCUT2D eigenvalue weighted by Crippen LogP contribution is 2.27. The van der Waals surface area contributed by atoms with Gasteiger partial charge in [0.15, 0.2) is 0 Å². The van der Waals surface area contributed by atoms with Gasteiger partial charge in [-0.1, -0.05) is 0 Å². The van der Waals surface area contributed by atoms with Gasteiger partial charge in [0, 0.05) is 49.1 Å². The summed E-state index contributed by atoms with van der Waals surface area (Å²) in [4.78, 5) is 38.2. The zero-order chi connectivity index (χ0) is 22.5. The first-order chi connectivity index (χ1) is 14.8. The standard InChI is InChI=1S/C23H27N3O5/c1-16-14-20(4-5-21(16)26(29)30)31-11-6-22(28)24-7-9-25(10-8-24)23-17(2)12-19(15-27)13-18(23)3/h4-5,12-15H,6-11H2,1-3H3. The van der Waals surface area contributed by atoms with Crippen molar-refractivity contribution in [1.82, 2.24) is 4.90 Å². The summed E-state index contributed by atoms with van der Waals surface area (Å²) in [5.41, 5.74) is 4.51. The Bertz CT molecular complexity index is 974. The number of benzene rings is 2. The van der Waals surface area contributed by atoms with Crippen molar-refractivity contribution in [3.05, 3.63) is 62.7 Å². The molecule has 31 heavy (non-hydrogen) atoms. The zero-order valence-electron chi connectivity index (χ0n) is 18.1. The van der Waals surface area contributed by atoms with Crippen LogP contribution in [0, 0.1) is 30.9 Å². The largest absolute Gasteiger partial charge is 0.493 e. The minimum absolute atomic E-state index is 0.0306. The van der Waals surface area contributed by atoms with E-state index < -0.39 is 4.92 Å². The third-order valence-corrected chi connectivity index (χ3v) is 5.55. The lowest BCUT2D eigenvalue weighted by Crippen LogP contribution is -2.49. The normalized spacial score (nSPS) is 13.8.